The van der Waals surface area contributed by atoms with E-state index in [-0.39, 0.29) is 5.56 Å². The number of hydrogen-bond acceptors (Lipinski definition) is 4. The zero-order valence-electron chi connectivity index (χ0n) is 11.5. The van der Waals surface area contributed by atoms with E-state index in [9.17, 15) is 14.7 Å². The van der Waals surface area contributed by atoms with Gasteiger partial charge in [-0.2, -0.15) is 0 Å². The predicted molar refractivity (Wildman–Crippen MR) is 83.7 cm³/mol. The van der Waals surface area contributed by atoms with E-state index < -0.39 is 17.6 Å². The Labute approximate surface area is 134 Å². The van der Waals surface area contributed by atoms with Crippen molar-refractivity contribution in [3.05, 3.63) is 52.0 Å². The first-order valence-corrected chi connectivity index (χ1v) is 6.93. The van der Waals surface area contributed by atoms with Gasteiger partial charge in [-0.05, 0) is 46.3 Å². The molecule has 2 aromatic rings. The molecular weight excluding hydrogens is 354 g/mol. The smallest absolute Gasteiger partial charge is 0.339 e. The maximum absolute atomic E-state index is 12.1. The number of nitrogens with one attached hydrogen (secondary N) is 1. The van der Waals surface area contributed by atoms with Crippen LogP contribution >= 0.6 is 15.9 Å². The molecule has 0 saturated heterocycles. The summed E-state index contributed by atoms with van der Waals surface area (Å²) in [5, 5.41) is 21.0. The SMILES string of the molecule is COc1ccc(C(=O)Nc2ccc(C(=O)O)c(O)c2)cc1Br. The van der Waals surface area contributed by atoms with Crippen LogP contribution in [0.5, 0.6) is 11.5 Å². The molecule has 2 aromatic carbocycles. The summed E-state index contributed by atoms with van der Waals surface area (Å²) in [7, 11) is 1.52. The van der Waals surface area contributed by atoms with E-state index >= 15 is 0 Å². The van der Waals surface area contributed by atoms with Crippen molar-refractivity contribution in [3.63, 3.8) is 0 Å². The van der Waals surface area contributed by atoms with Crippen LogP contribution < -0.4 is 10.1 Å². The van der Waals surface area contributed by atoms with Crippen molar-refractivity contribution >= 4 is 33.5 Å². The van der Waals surface area contributed by atoms with Gasteiger partial charge in [-0.1, -0.05) is 0 Å². The molecule has 0 aromatic heterocycles. The summed E-state index contributed by atoms with van der Waals surface area (Å²) in [5.74, 6) is -1.46. The molecule has 0 aliphatic carbocycles. The maximum Gasteiger partial charge on any atom is 0.339 e. The Morgan fingerprint density at radius 3 is 2.45 bits per heavy atom. The third kappa shape index (κ3) is 3.37. The van der Waals surface area contributed by atoms with E-state index in [0.717, 1.165) is 0 Å². The number of rotatable bonds is 4. The highest BCUT2D eigenvalue weighted by Gasteiger charge is 2.13. The Hall–Kier alpha value is -2.54. The Kier molecular flexibility index (Phi) is 4.67. The number of aromatic carboxylic acids is 1. The van der Waals surface area contributed by atoms with Gasteiger partial charge < -0.3 is 20.3 Å². The molecule has 0 aliphatic rings. The van der Waals surface area contributed by atoms with E-state index in [4.69, 9.17) is 9.84 Å². The number of phenols is 1. The highest BCUT2D eigenvalue weighted by molar-refractivity contribution is 9.10. The molecule has 0 saturated carbocycles. The number of carboxylic acids is 1. The van der Waals surface area contributed by atoms with Crippen molar-refractivity contribution in [2.75, 3.05) is 12.4 Å². The highest BCUT2D eigenvalue weighted by atomic mass is 79.9. The Balaban J connectivity index is 2.20. The molecule has 7 heteroatoms. The Bertz CT molecular complexity index is 745. The van der Waals surface area contributed by atoms with Gasteiger partial charge in [-0.25, -0.2) is 4.79 Å². The first-order chi connectivity index (χ1) is 10.4. The summed E-state index contributed by atoms with van der Waals surface area (Å²) in [5.41, 5.74) is 0.444. The van der Waals surface area contributed by atoms with Crippen molar-refractivity contribution < 1.29 is 24.5 Å². The maximum atomic E-state index is 12.1. The molecule has 114 valence electrons. The third-order valence-electron chi connectivity index (χ3n) is 2.90. The normalized spacial score (nSPS) is 10.1. The summed E-state index contributed by atoms with van der Waals surface area (Å²) >= 11 is 3.29. The number of hydrogen-bond donors (Lipinski definition) is 3. The molecule has 0 heterocycles. The van der Waals surface area contributed by atoms with Gasteiger partial charge in [-0.15, -0.1) is 0 Å². The number of halogens is 1. The summed E-state index contributed by atoms with van der Waals surface area (Å²) in [6, 6.07) is 8.63. The summed E-state index contributed by atoms with van der Waals surface area (Å²) in [4.78, 5) is 22.9. The molecule has 0 unspecified atom stereocenters. The van der Waals surface area contributed by atoms with Gasteiger partial charge in [0.1, 0.15) is 17.1 Å². The van der Waals surface area contributed by atoms with Gasteiger partial charge >= 0.3 is 5.97 Å². The number of anilines is 1. The van der Waals surface area contributed by atoms with E-state index in [0.29, 0.717) is 21.5 Å². The van der Waals surface area contributed by atoms with Crippen LogP contribution in [-0.4, -0.2) is 29.2 Å². The lowest BCUT2D eigenvalue weighted by molar-refractivity contribution is 0.0693. The lowest BCUT2D eigenvalue weighted by Gasteiger charge is -2.09. The van der Waals surface area contributed by atoms with E-state index in [1.807, 2.05) is 0 Å². The quantitative estimate of drug-likeness (QED) is 0.773. The zero-order chi connectivity index (χ0) is 16.3. The predicted octanol–water partition coefficient (Wildman–Crippen LogP) is 3.11. The van der Waals surface area contributed by atoms with Crippen LogP contribution in [0, 0.1) is 0 Å². The van der Waals surface area contributed by atoms with Crippen molar-refractivity contribution in [1.29, 1.82) is 0 Å². The van der Waals surface area contributed by atoms with Crippen molar-refractivity contribution in [2.24, 2.45) is 0 Å². The highest BCUT2D eigenvalue weighted by Crippen LogP contribution is 2.26. The molecule has 0 spiro atoms. The van der Waals surface area contributed by atoms with Gasteiger partial charge in [0.05, 0.1) is 11.6 Å². The van der Waals surface area contributed by atoms with Crippen LogP contribution in [0.4, 0.5) is 5.69 Å². The molecule has 0 radical (unpaired) electrons. The first kappa shape index (κ1) is 15.8. The Morgan fingerprint density at radius 2 is 1.91 bits per heavy atom. The molecular formula is C15H12BrNO5. The van der Waals surface area contributed by atoms with Crippen LogP contribution in [0.2, 0.25) is 0 Å². The second kappa shape index (κ2) is 6.48. The minimum atomic E-state index is -1.24. The van der Waals surface area contributed by atoms with Crippen molar-refractivity contribution in [3.8, 4) is 11.5 Å². The molecule has 0 atom stereocenters. The van der Waals surface area contributed by atoms with Crippen LogP contribution in [0.25, 0.3) is 0 Å². The summed E-state index contributed by atoms with van der Waals surface area (Å²) in [6.45, 7) is 0. The number of amides is 1. The molecule has 1 amide bonds. The molecule has 6 nitrogen and oxygen atoms in total. The average Bonchev–Trinajstić information content (AvgIpc) is 2.46. The van der Waals surface area contributed by atoms with Crippen molar-refractivity contribution in [2.45, 2.75) is 0 Å². The molecule has 0 fully saturated rings. The lowest BCUT2D eigenvalue weighted by Crippen LogP contribution is -2.12. The fourth-order valence-corrected chi connectivity index (χ4v) is 2.34. The van der Waals surface area contributed by atoms with Gasteiger partial charge in [-0.3, -0.25) is 4.79 Å². The third-order valence-corrected chi connectivity index (χ3v) is 3.52. The number of carbonyl (C=O) groups is 2. The fraction of sp³-hybridized carbons (Fsp3) is 0.0667. The van der Waals surface area contributed by atoms with E-state index in [1.54, 1.807) is 18.2 Å². The number of carbonyl (C=O) groups excluding carboxylic acids is 1. The minimum absolute atomic E-state index is 0.231. The number of ether oxygens (including phenoxy) is 1. The van der Waals surface area contributed by atoms with Crippen molar-refractivity contribution in [1.82, 2.24) is 0 Å². The van der Waals surface area contributed by atoms with Crippen LogP contribution in [0.15, 0.2) is 40.9 Å². The molecule has 2 rings (SSSR count). The van der Waals surface area contributed by atoms with Crippen LogP contribution in [-0.2, 0) is 0 Å². The van der Waals surface area contributed by atoms with Gasteiger partial charge in [0.15, 0.2) is 0 Å². The standard InChI is InChI=1S/C15H12BrNO5/c1-22-13-5-2-8(6-11(13)16)14(19)17-9-3-4-10(15(20)21)12(18)7-9/h2-7,18H,1H3,(H,17,19)(H,20,21). The number of benzene rings is 2. The second-order valence-electron chi connectivity index (χ2n) is 4.34. The second-order valence-corrected chi connectivity index (χ2v) is 5.19. The zero-order valence-corrected chi connectivity index (χ0v) is 13.0. The largest absolute Gasteiger partial charge is 0.507 e. The van der Waals surface area contributed by atoms with Gasteiger partial charge in [0.2, 0.25) is 0 Å². The lowest BCUT2D eigenvalue weighted by atomic mass is 10.1. The topological polar surface area (TPSA) is 95.9 Å². The monoisotopic (exact) mass is 365 g/mol. The fourth-order valence-electron chi connectivity index (χ4n) is 1.80. The molecule has 0 bridgehead atoms. The van der Waals surface area contributed by atoms with E-state index in [2.05, 4.69) is 21.2 Å². The summed E-state index contributed by atoms with van der Waals surface area (Å²) < 4.78 is 5.71. The first-order valence-electron chi connectivity index (χ1n) is 6.13. The number of aromatic hydroxyl groups is 1. The average molecular weight is 366 g/mol. The Morgan fingerprint density at radius 1 is 1.18 bits per heavy atom. The van der Waals surface area contributed by atoms with Gasteiger partial charge in [0.25, 0.3) is 5.91 Å². The van der Waals surface area contributed by atoms with Crippen LogP contribution in [0.3, 0.4) is 0 Å². The van der Waals surface area contributed by atoms with E-state index in [1.165, 1.54) is 25.3 Å². The number of carboxylic acid groups (broad SMARTS) is 1. The van der Waals surface area contributed by atoms with Crippen LogP contribution in [0.1, 0.15) is 20.7 Å². The number of methoxy groups -OCH3 is 1. The van der Waals surface area contributed by atoms with Gasteiger partial charge in [0, 0.05) is 17.3 Å². The minimum Gasteiger partial charge on any atom is -0.507 e. The summed E-state index contributed by atoms with van der Waals surface area (Å²) in [6.07, 6.45) is 0. The molecule has 22 heavy (non-hydrogen) atoms. The molecule has 3 N–H and O–H groups in total. The molecule has 0 aliphatic heterocycles.